The molecule has 0 aliphatic carbocycles. The summed E-state index contributed by atoms with van der Waals surface area (Å²) in [5.41, 5.74) is 1.51. The molecule has 5 heteroatoms. The van der Waals surface area contributed by atoms with Gasteiger partial charge in [-0.2, -0.15) is 0 Å². The minimum Gasteiger partial charge on any atom is -0.486 e. The van der Waals surface area contributed by atoms with Gasteiger partial charge in [-0.25, -0.2) is 9.18 Å². The third-order valence-electron chi connectivity index (χ3n) is 5.19. The Morgan fingerprint density at radius 2 is 1.65 bits per heavy atom. The fourth-order valence-electron chi connectivity index (χ4n) is 3.44. The molecular weight excluding hydrogens is 395 g/mol. The van der Waals surface area contributed by atoms with Gasteiger partial charge in [0, 0.05) is 19.6 Å². The third kappa shape index (κ3) is 6.41. The highest BCUT2D eigenvalue weighted by Gasteiger charge is 2.14. The van der Waals surface area contributed by atoms with Crippen molar-refractivity contribution >= 4 is 10.8 Å². The van der Waals surface area contributed by atoms with Crippen LogP contribution < -0.4 is 10.4 Å². The van der Waals surface area contributed by atoms with Crippen molar-refractivity contribution in [3.05, 3.63) is 75.6 Å². The standard InChI is InChI=1S/C26H31FO4/c1-3-5-15-29-16-6-8-19-9-11-20(12-10-19)18-30-23-14-13-21-17-22(7-4-2)31-26(28)24(21)25(23)27/h9-14,17H,3-8,15-16,18H2,1-2H3. The van der Waals surface area contributed by atoms with E-state index in [2.05, 4.69) is 19.1 Å². The van der Waals surface area contributed by atoms with Crippen LogP contribution >= 0.6 is 0 Å². The predicted octanol–water partition coefficient (Wildman–Crippen LogP) is 6.21. The molecule has 0 N–H and O–H groups in total. The summed E-state index contributed by atoms with van der Waals surface area (Å²) in [6.07, 6.45) is 5.71. The van der Waals surface area contributed by atoms with Crippen LogP contribution in [0.1, 0.15) is 56.4 Å². The Balaban J connectivity index is 1.58. The number of ether oxygens (including phenoxy) is 2. The molecule has 0 aliphatic rings. The molecule has 31 heavy (non-hydrogen) atoms. The number of unbranched alkanes of at least 4 members (excludes halogenated alkanes) is 1. The van der Waals surface area contributed by atoms with Gasteiger partial charge in [0.2, 0.25) is 0 Å². The summed E-state index contributed by atoms with van der Waals surface area (Å²) in [6, 6.07) is 13.1. The molecule has 0 amide bonds. The third-order valence-corrected chi connectivity index (χ3v) is 5.19. The van der Waals surface area contributed by atoms with Crippen molar-refractivity contribution in [1.29, 1.82) is 0 Å². The lowest BCUT2D eigenvalue weighted by molar-refractivity contribution is 0.129. The minimum atomic E-state index is -0.672. The molecule has 1 heterocycles. The summed E-state index contributed by atoms with van der Waals surface area (Å²) in [5.74, 6) is -0.0500. The Hall–Kier alpha value is -2.66. The van der Waals surface area contributed by atoms with Crippen LogP contribution in [0.2, 0.25) is 0 Å². The second-order valence-electron chi connectivity index (χ2n) is 7.77. The second kappa shape index (κ2) is 11.7. The first kappa shape index (κ1) is 23.0. The van der Waals surface area contributed by atoms with E-state index in [-0.39, 0.29) is 17.7 Å². The summed E-state index contributed by atoms with van der Waals surface area (Å²) in [5, 5.41) is 0.474. The first-order valence-electron chi connectivity index (χ1n) is 11.2. The Labute approximate surface area is 183 Å². The highest BCUT2D eigenvalue weighted by molar-refractivity contribution is 5.83. The fourth-order valence-corrected chi connectivity index (χ4v) is 3.44. The lowest BCUT2D eigenvalue weighted by Crippen LogP contribution is -2.06. The SMILES string of the molecule is CCCCOCCCc1ccc(COc2ccc3cc(CCC)oc(=O)c3c2F)cc1. The number of benzene rings is 2. The average molecular weight is 427 g/mol. The minimum absolute atomic E-state index is 0.0522. The largest absolute Gasteiger partial charge is 0.486 e. The molecule has 0 spiro atoms. The van der Waals surface area contributed by atoms with Crippen LogP contribution in [-0.2, 0) is 24.2 Å². The number of hydrogen-bond donors (Lipinski definition) is 0. The van der Waals surface area contributed by atoms with Crippen molar-refractivity contribution in [2.24, 2.45) is 0 Å². The zero-order chi connectivity index (χ0) is 22.1. The van der Waals surface area contributed by atoms with Crippen molar-refractivity contribution in [2.45, 2.75) is 59.0 Å². The molecule has 0 fully saturated rings. The predicted molar refractivity (Wildman–Crippen MR) is 121 cm³/mol. The van der Waals surface area contributed by atoms with Crippen molar-refractivity contribution < 1.29 is 18.3 Å². The molecule has 3 aromatic rings. The number of hydrogen-bond acceptors (Lipinski definition) is 4. The fraction of sp³-hybridized carbons (Fsp3) is 0.423. The summed E-state index contributed by atoms with van der Waals surface area (Å²) >= 11 is 0. The molecule has 166 valence electrons. The summed E-state index contributed by atoms with van der Waals surface area (Å²) in [4.78, 5) is 12.2. The van der Waals surface area contributed by atoms with Gasteiger partial charge < -0.3 is 13.9 Å². The van der Waals surface area contributed by atoms with Gasteiger partial charge in [0.05, 0.1) is 0 Å². The quantitative estimate of drug-likeness (QED) is 0.323. The smallest absolute Gasteiger partial charge is 0.346 e. The van der Waals surface area contributed by atoms with Crippen LogP contribution in [0.4, 0.5) is 4.39 Å². The summed E-state index contributed by atoms with van der Waals surface area (Å²) in [7, 11) is 0. The van der Waals surface area contributed by atoms with Crippen LogP contribution in [0, 0.1) is 5.82 Å². The van der Waals surface area contributed by atoms with Gasteiger partial charge in [0.25, 0.3) is 0 Å². The first-order valence-corrected chi connectivity index (χ1v) is 11.2. The van der Waals surface area contributed by atoms with E-state index in [1.54, 1.807) is 18.2 Å². The van der Waals surface area contributed by atoms with Crippen molar-refractivity contribution in [3.8, 4) is 5.75 Å². The topological polar surface area (TPSA) is 48.7 Å². The van der Waals surface area contributed by atoms with Crippen LogP contribution in [0.15, 0.2) is 51.7 Å². The highest BCUT2D eigenvalue weighted by Crippen LogP contribution is 2.26. The van der Waals surface area contributed by atoms with Gasteiger partial charge in [-0.1, -0.05) is 50.6 Å². The Morgan fingerprint density at radius 3 is 2.39 bits per heavy atom. The molecule has 0 saturated carbocycles. The zero-order valence-electron chi connectivity index (χ0n) is 18.4. The van der Waals surface area contributed by atoms with Crippen LogP contribution in [-0.4, -0.2) is 13.2 Å². The van der Waals surface area contributed by atoms with E-state index in [0.29, 0.717) is 17.6 Å². The number of fused-ring (bicyclic) bond motifs is 1. The molecule has 0 radical (unpaired) electrons. The maximum absolute atomic E-state index is 14.9. The van der Waals surface area contributed by atoms with Crippen molar-refractivity contribution in [3.63, 3.8) is 0 Å². The van der Waals surface area contributed by atoms with Crippen molar-refractivity contribution in [1.82, 2.24) is 0 Å². The van der Waals surface area contributed by atoms with Gasteiger partial charge in [-0.05, 0) is 54.3 Å². The molecule has 1 aromatic heterocycles. The van der Waals surface area contributed by atoms with E-state index in [4.69, 9.17) is 13.9 Å². The monoisotopic (exact) mass is 426 g/mol. The Kier molecular flexibility index (Phi) is 8.65. The van der Waals surface area contributed by atoms with E-state index in [9.17, 15) is 9.18 Å². The zero-order valence-corrected chi connectivity index (χ0v) is 18.4. The molecule has 4 nitrogen and oxygen atoms in total. The summed E-state index contributed by atoms with van der Waals surface area (Å²) in [6.45, 7) is 5.99. The molecular formula is C26H31FO4. The second-order valence-corrected chi connectivity index (χ2v) is 7.77. The van der Waals surface area contributed by atoms with Crippen LogP contribution in [0.5, 0.6) is 5.75 Å². The number of aryl methyl sites for hydroxylation is 2. The van der Waals surface area contributed by atoms with E-state index in [1.165, 1.54) is 5.56 Å². The molecule has 0 atom stereocenters. The molecule has 0 aliphatic heterocycles. The number of rotatable bonds is 12. The Bertz CT molecular complexity index is 1020. The van der Waals surface area contributed by atoms with Gasteiger partial charge in [0.15, 0.2) is 11.6 Å². The molecule has 2 aromatic carbocycles. The maximum atomic E-state index is 14.9. The van der Waals surface area contributed by atoms with Gasteiger partial charge in [-0.3, -0.25) is 0 Å². The van der Waals surface area contributed by atoms with Crippen LogP contribution in [0.25, 0.3) is 10.8 Å². The number of halogens is 1. The normalized spacial score (nSPS) is 11.2. The first-order chi connectivity index (χ1) is 15.1. The molecule has 0 unspecified atom stereocenters. The molecule has 0 bridgehead atoms. The lowest BCUT2D eigenvalue weighted by Gasteiger charge is -2.10. The molecule has 0 saturated heterocycles. The van der Waals surface area contributed by atoms with Gasteiger partial charge >= 0.3 is 5.63 Å². The highest BCUT2D eigenvalue weighted by atomic mass is 19.1. The van der Waals surface area contributed by atoms with E-state index in [0.717, 1.165) is 50.9 Å². The van der Waals surface area contributed by atoms with Gasteiger partial charge in [0.1, 0.15) is 17.8 Å². The van der Waals surface area contributed by atoms with Crippen molar-refractivity contribution in [2.75, 3.05) is 13.2 Å². The average Bonchev–Trinajstić information content (AvgIpc) is 2.76. The lowest BCUT2D eigenvalue weighted by atomic mass is 10.1. The summed E-state index contributed by atoms with van der Waals surface area (Å²) < 4.78 is 31.4. The van der Waals surface area contributed by atoms with E-state index < -0.39 is 11.4 Å². The maximum Gasteiger partial charge on any atom is 0.346 e. The Morgan fingerprint density at radius 1 is 0.903 bits per heavy atom. The van der Waals surface area contributed by atoms with E-state index >= 15 is 0 Å². The van der Waals surface area contributed by atoms with Gasteiger partial charge in [-0.15, -0.1) is 0 Å². The van der Waals surface area contributed by atoms with E-state index in [1.807, 2.05) is 19.1 Å². The molecule has 3 rings (SSSR count). The van der Waals surface area contributed by atoms with Crippen LogP contribution in [0.3, 0.4) is 0 Å².